The van der Waals surface area contributed by atoms with Gasteiger partial charge >= 0.3 is 0 Å². The summed E-state index contributed by atoms with van der Waals surface area (Å²) in [5, 5.41) is 4.70. The molecule has 0 saturated carbocycles. The van der Waals surface area contributed by atoms with E-state index in [1.807, 2.05) is 21.7 Å². The molecule has 226 valence electrons. The van der Waals surface area contributed by atoms with E-state index >= 15 is 0 Å². The van der Waals surface area contributed by atoms with Gasteiger partial charge in [-0.05, 0) is 61.1 Å². The van der Waals surface area contributed by atoms with Crippen LogP contribution in [0.1, 0.15) is 53.2 Å². The van der Waals surface area contributed by atoms with Gasteiger partial charge in [0.2, 0.25) is 0 Å². The number of hydrogen-bond acceptors (Lipinski definition) is 4. The zero-order valence-electron chi connectivity index (χ0n) is 24.9. The van der Waals surface area contributed by atoms with Crippen molar-refractivity contribution in [3.8, 4) is 5.69 Å². The molecule has 2 aliphatic heterocycles. The Kier molecular flexibility index (Phi) is 8.13. The normalized spacial score (nSPS) is 25.7. The quantitative estimate of drug-likeness (QED) is 0.333. The summed E-state index contributed by atoms with van der Waals surface area (Å²) in [6.45, 7) is 4.12. The first-order chi connectivity index (χ1) is 20.6. The number of carbonyl (C=O) groups excluding carboxylic acids is 1. The molecule has 3 heterocycles. The van der Waals surface area contributed by atoms with Crippen LogP contribution >= 0.6 is 0 Å². The second-order valence-electron chi connectivity index (χ2n) is 12.8. The number of carbonyl (C=O) groups is 1. The third kappa shape index (κ3) is 6.38. The summed E-state index contributed by atoms with van der Waals surface area (Å²) < 4.78 is 40.2. The molecule has 2 unspecified atom stereocenters. The summed E-state index contributed by atoms with van der Waals surface area (Å²) >= 11 is 0. The largest absolute Gasteiger partial charge is 0.338 e. The van der Waals surface area contributed by atoms with E-state index in [1.54, 1.807) is 30.5 Å². The summed E-state index contributed by atoms with van der Waals surface area (Å²) in [6, 6.07) is 13.5. The van der Waals surface area contributed by atoms with E-state index in [4.69, 9.17) is 5.10 Å². The third-order valence-corrected chi connectivity index (χ3v) is 10.7. The van der Waals surface area contributed by atoms with Crippen LogP contribution in [-0.4, -0.2) is 73.0 Å². The molecule has 2 saturated heterocycles. The number of hydrogen-bond donors (Lipinski definition) is 0. The van der Waals surface area contributed by atoms with Gasteiger partial charge in [-0.3, -0.25) is 4.79 Å². The minimum Gasteiger partial charge on any atom is -0.338 e. The van der Waals surface area contributed by atoms with Crippen molar-refractivity contribution in [2.45, 2.75) is 43.0 Å². The van der Waals surface area contributed by atoms with Crippen molar-refractivity contribution < 1.29 is 22.1 Å². The maximum absolute atomic E-state index is 14.0. The van der Waals surface area contributed by atoms with Gasteiger partial charge < -0.3 is 9.38 Å². The Morgan fingerprint density at radius 1 is 1.02 bits per heavy atom. The lowest BCUT2D eigenvalue weighted by atomic mass is 9.86. The molecule has 2 atom stereocenters. The van der Waals surface area contributed by atoms with Crippen molar-refractivity contribution >= 4 is 15.7 Å². The van der Waals surface area contributed by atoms with Crippen LogP contribution in [0.15, 0.2) is 83.9 Å². The Labute approximate surface area is 253 Å². The number of rotatable bonds is 7. The molecule has 3 aliphatic rings. The predicted octanol–water partition coefficient (Wildman–Crippen LogP) is 5.53. The molecule has 2 aromatic carbocycles. The lowest BCUT2D eigenvalue weighted by Crippen LogP contribution is -2.48. The fourth-order valence-corrected chi connectivity index (χ4v) is 7.68. The van der Waals surface area contributed by atoms with Gasteiger partial charge in [-0.15, -0.1) is 0 Å². The van der Waals surface area contributed by atoms with Gasteiger partial charge in [-0.2, -0.15) is 5.10 Å². The number of quaternary nitrogens is 1. The monoisotopic (exact) mass is 603 g/mol. The lowest BCUT2D eigenvalue weighted by molar-refractivity contribution is -0.927. The minimum absolute atomic E-state index is 0.0370. The summed E-state index contributed by atoms with van der Waals surface area (Å²) in [4.78, 5) is 16.4. The van der Waals surface area contributed by atoms with Crippen molar-refractivity contribution in [1.82, 2.24) is 14.7 Å². The lowest BCUT2D eigenvalue weighted by Gasteiger charge is -2.41. The average Bonchev–Trinajstić information content (AvgIpc) is 3.67. The number of amides is 1. The number of allylic oxidation sites excluding steroid dienone is 4. The highest BCUT2D eigenvalue weighted by molar-refractivity contribution is 7.90. The van der Waals surface area contributed by atoms with Crippen molar-refractivity contribution in [3.05, 3.63) is 102 Å². The number of aromatic nitrogens is 2. The Morgan fingerprint density at radius 2 is 1.74 bits per heavy atom. The molecular weight excluding hydrogens is 563 g/mol. The van der Waals surface area contributed by atoms with Crippen molar-refractivity contribution in [2.24, 2.45) is 11.8 Å². The maximum atomic E-state index is 14.0. The zero-order chi connectivity index (χ0) is 30.2. The van der Waals surface area contributed by atoms with E-state index in [0.29, 0.717) is 22.3 Å². The Hall–Kier alpha value is -3.56. The summed E-state index contributed by atoms with van der Waals surface area (Å²) in [5.41, 5.74) is 3.43. The summed E-state index contributed by atoms with van der Waals surface area (Å²) in [5.74, 6) is 0.796. The Balaban J connectivity index is 1.22. The predicted molar refractivity (Wildman–Crippen MR) is 165 cm³/mol. The van der Waals surface area contributed by atoms with Gasteiger partial charge in [0.1, 0.15) is 12.4 Å². The highest BCUT2D eigenvalue weighted by Gasteiger charge is 2.38. The molecule has 0 radical (unpaired) electrons. The molecule has 7 nitrogen and oxygen atoms in total. The van der Waals surface area contributed by atoms with Crippen LogP contribution in [0.2, 0.25) is 0 Å². The highest BCUT2D eigenvalue weighted by Crippen LogP contribution is 2.37. The van der Waals surface area contributed by atoms with Crippen LogP contribution in [0.5, 0.6) is 0 Å². The van der Waals surface area contributed by atoms with E-state index in [1.165, 1.54) is 18.4 Å². The van der Waals surface area contributed by atoms with Gasteiger partial charge in [0.15, 0.2) is 9.84 Å². The van der Waals surface area contributed by atoms with Crippen molar-refractivity contribution in [3.63, 3.8) is 0 Å². The molecule has 2 fully saturated rings. The molecule has 1 aromatic heterocycles. The van der Waals surface area contributed by atoms with Gasteiger partial charge in [-0.1, -0.05) is 36.4 Å². The van der Waals surface area contributed by atoms with Gasteiger partial charge in [0.25, 0.3) is 5.91 Å². The summed E-state index contributed by atoms with van der Waals surface area (Å²) in [7, 11) is -0.988. The van der Waals surface area contributed by atoms with Gasteiger partial charge in [0, 0.05) is 43.7 Å². The van der Waals surface area contributed by atoms with E-state index in [9.17, 15) is 17.6 Å². The summed E-state index contributed by atoms with van der Waals surface area (Å²) in [6.07, 6.45) is 15.4. The van der Waals surface area contributed by atoms with Crippen LogP contribution in [0.25, 0.3) is 5.69 Å². The van der Waals surface area contributed by atoms with Gasteiger partial charge in [0.05, 0.1) is 48.2 Å². The van der Waals surface area contributed by atoms with Crippen LogP contribution in [0.3, 0.4) is 0 Å². The van der Waals surface area contributed by atoms with E-state index in [-0.39, 0.29) is 17.6 Å². The number of nitrogens with zero attached hydrogens (tertiary/aromatic N) is 4. The number of halogens is 1. The first-order valence-corrected chi connectivity index (χ1v) is 17.1. The van der Waals surface area contributed by atoms with Crippen LogP contribution in [0, 0.1) is 17.7 Å². The van der Waals surface area contributed by atoms with Crippen LogP contribution in [0.4, 0.5) is 4.39 Å². The van der Waals surface area contributed by atoms with Crippen molar-refractivity contribution in [1.29, 1.82) is 0 Å². The van der Waals surface area contributed by atoms with E-state index in [0.717, 1.165) is 79.8 Å². The smallest absolute Gasteiger partial charge is 0.257 e. The highest BCUT2D eigenvalue weighted by atomic mass is 32.2. The minimum atomic E-state index is -3.23. The number of sulfone groups is 1. The van der Waals surface area contributed by atoms with Crippen molar-refractivity contribution in [2.75, 3.05) is 39.5 Å². The van der Waals surface area contributed by atoms with Crippen LogP contribution < -0.4 is 0 Å². The van der Waals surface area contributed by atoms with E-state index < -0.39 is 9.84 Å². The molecule has 1 aliphatic carbocycles. The molecule has 1 amide bonds. The average molecular weight is 604 g/mol. The first kappa shape index (κ1) is 29.5. The van der Waals surface area contributed by atoms with Crippen LogP contribution in [-0.2, 0) is 16.4 Å². The topological polar surface area (TPSA) is 72.3 Å². The molecular formula is C34H40FN4O3S+. The molecule has 0 N–H and O–H groups in total. The second-order valence-corrected chi connectivity index (χ2v) is 14.8. The Bertz CT molecular complexity index is 1640. The fourth-order valence-electron chi connectivity index (χ4n) is 7.05. The number of piperidine rings is 1. The fraction of sp³-hybridized carbons (Fsp3) is 0.412. The number of benzene rings is 2. The molecule has 0 spiro atoms. The molecule has 9 heteroatoms. The SMILES string of the molecule is C[N+]1(Cc2ccc(S(C)(=O)=O)cc2)CCC(c2c(C(=O)N3CCC(C4C=CC=CC4)C3)cnn2-c2ccc(F)cc2)CC1. The third-order valence-electron chi connectivity index (χ3n) is 9.58. The number of likely N-dealkylation sites (tertiary alicyclic amines) is 2. The maximum Gasteiger partial charge on any atom is 0.257 e. The second kappa shape index (κ2) is 11.8. The first-order valence-electron chi connectivity index (χ1n) is 15.2. The Morgan fingerprint density at radius 3 is 2.40 bits per heavy atom. The van der Waals surface area contributed by atoms with E-state index in [2.05, 4.69) is 31.4 Å². The molecule has 6 rings (SSSR count). The standard InChI is InChI=1S/C34H40FN4O3S/c1-39(24-25-8-14-31(15-9-25)43(2,41)42)20-17-27(18-21-39)33-32(22-36-38(33)30-12-10-29(35)11-13-30)34(40)37-19-16-28(23-37)26-6-4-3-5-7-26/h3-6,8-15,22,26-28H,7,16-21,23-24H2,1-2H3/q+1. The zero-order valence-corrected chi connectivity index (χ0v) is 25.7. The molecule has 43 heavy (non-hydrogen) atoms. The van der Waals surface area contributed by atoms with Gasteiger partial charge in [-0.25, -0.2) is 17.5 Å². The molecule has 3 aromatic rings. The molecule has 0 bridgehead atoms.